The summed E-state index contributed by atoms with van der Waals surface area (Å²) in [5, 5.41) is 21.4. The summed E-state index contributed by atoms with van der Waals surface area (Å²) < 4.78 is 16.1. The Morgan fingerprint density at radius 3 is 2.37 bits per heavy atom. The van der Waals surface area contributed by atoms with Crippen LogP contribution in [0, 0.1) is 0 Å². The Labute approximate surface area is 217 Å². The fourth-order valence-corrected chi connectivity index (χ4v) is 4.49. The summed E-state index contributed by atoms with van der Waals surface area (Å²) in [6.45, 7) is 1.91. The van der Waals surface area contributed by atoms with Crippen LogP contribution in [-0.2, 0) is 9.53 Å². The molecule has 38 heavy (non-hydrogen) atoms. The first kappa shape index (κ1) is 24.6. The molecule has 1 amide bonds. The Kier molecular flexibility index (Phi) is 6.34. The quantitative estimate of drug-likeness (QED) is 0.258. The zero-order valence-corrected chi connectivity index (χ0v) is 20.5. The average molecular weight is 514 g/mol. The van der Waals surface area contributed by atoms with E-state index in [9.17, 15) is 24.6 Å². The molecule has 0 spiro atoms. The number of Topliss-reactive ketones (excluding diaryl/α,β-unsaturated/α-hetero) is 1. The number of para-hydroxylation sites is 1. The number of aliphatic hydroxyl groups is 1. The number of methoxy groups -OCH3 is 1. The van der Waals surface area contributed by atoms with Gasteiger partial charge in [0.05, 0.1) is 30.9 Å². The molecule has 2 heterocycles. The van der Waals surface area contributed by atoms with Crippen LogP contribution in [0.5, 0.6) is 11.5 Å². The van der Waals surface area contributed by atoms with Crippen LogP contribution in [0.4, 0.5) is 5.69 Å². The number of phenolic OH excluding ortho intramolecular Hbond substituents is 1. The summed E-state index contributed by atoms with van der Waals surface area (Å²) in [5.74, 6) is -2.38. The fraction of sp³-hybridized carbons (Fsp3) is 0.138. The summed E-state index contributed by atoms with van der Waals surface area (Å²) in [7, 11) is 1.48. The number of aliphatic hydroxyl groups excluding tert-OH is 1. The molecule has 1 atom stereocenters. The van der Waals surface area contributed by atoms with E-state index < -0.39 is 29.5 Å². The van der Waals surface area contributed by atoms with Crippen molar-refractivity contribution in [2.24, 2.45) is 0 Å². The van der Waals surface area contributed by atoms with Gasteiger partial charge in [0.2, 0.25) is 5.78 Å². The molecule has 5 rings (SSSR count). The van der Waals surface area contributed by atoms with Crippen molar-refractivity contribution in [2.75, 3.05) is 18.6 Å². The number of nitrogens with zero attached hydrogens (tertiary/aromatic N) is 1. The van der Waals surface area contributed by atoms with Gasteiger partial charge in [-0.2, -0.15) is 0 Å². The zero-order valence-electron chi connectivity index (χ0n) is 20.5. The van der Waals surface area contributed by atoms with Gasteiger partial charge in [-0.1, -0.05) is 24.3 Å². The highest BCUT2D eigenvalue weighted by Gasteiger charge is 2.45. The van der Waals surface area contributed by atoms with Crippen LogP contribution < -0.4 is 9.64 Å². The zero-order chi connectivity index (χ0) is 27.0. The van der Waals surface area contributed by atoms with E-state index in [4.69, 9.17) is 13.9 Å². The summed E-state index contributed by atoms with van der Waals surface area (Å²) >= 11 is 0. The molecule has 0 aliphatic carbocycles. The van der Waals surface area contributed by atoms with E-state index in [1.807, 2.05) is 0 Å². The standard InChI is InChI=1S/C29H23NO8/c1-3-37-29(35)17-7-11-19(12-8-17)30-24(16-9-13-20(31)14-10-16)23(26(33)28(30)34)25(32)22-15-18-5-4-6-21(36-2)27(18)38-22/h4-15,24,31,33H,3H2,1-2H3. The maximum atomic E-state index is 13.8. The molecule has 0 saturated carbocycles. The van der Waals surface area contributed by atoms with Crippen LogP contribution in [0.2, 0.25) is 0 Å². The summed E-state index contributed by atoms with van der Waals surface area (Å²) in [5.41, 5.74) is 1.25. The number of amides is 1. The molecular formula is C29H23NO8. The number of fused-ring (bicyclic) bond motifs is 1. The van der Waals surface area contributed by atoms with Crippen molar-refractivity contribution < 1.29 is 38.5 Å². The lowest BCUT2D eigenvalue weighted by atomic mass is 9.94. The molecule has 192 valence electrons. The average Bonchev–Trinajstić information content (AvgIpc) is 3.48. The molecular weight excluding hydrogens is 490 g/mol. The van der Waals surface area contributed by atoms with Gasteiger partial charge < -0.3 is 24.1 Å². The molecule has 9 nitrogen and oxygen atoms in total. The number of carbonyl (C=O) groups is 3. The van der Waals surface area contributed by atoms with Crippen molar-refractivity contribution in [3.05, 3.63) is 101 Å². The minimum absolute atomic E-state index is 0.00568. The number of hydrogen-bond acceptors (Lipinski definition) is 8. The van der Waals surface area contributed by atoms with Crippen molar-refractivity contribution in [2.45, 2.75) is 13.0 Å². The molecule has 0 saturated heterocycles. The number of esters is 1. The van der Waals surface area contributed by atoms with Crippen molar-refractivity contribution in [1.29, 1.82) is 0 Å². The number of hydrogen-bond donors (Lipinski definition) is 2. The van der Waals surface area contributed by atoms with Gasteiger partial charge in [-0.3, -0.25) is 14.5 Å². The highest BCUT2D eigenvalue weighted by Crippen LogP contribution is 2.43. The molecule has 1 aromatic heterocycles. The first-order chi connectivity index (χ1) is 18.3. The maximum Gasteiger partial charge on any atom is 0.338 e. The van der Waals surface area contributed by atoms with Gasteiger partial charge in [-0.25, -0.2) is 4.79 Å². The lowest BCUT2D eigenvalue weighted by Crippen LogP contribution is -2.31. The summed E-state index contributed by atoms with van der Waals surface area (Å²) in [6.07, 6.45) is 0. The van der Waals surface area contributed by atoms with Gasteiger partial charge in [-0.05, 0) is 61.0 Å². The topological polar surface area (TPSA) is 127 Å². The number of anilines is 1. The molecule has 9 heteroatoms. The second-order valence-electron chi connectivity index (χ2n) is 8.52. The van der Waals surface area contributed by atoms with Gasteiger partial charge in [-0.15, -0.1) is 0 Å². The highest BCUT2D eigenvalue weighted by atomic mass is 16.5. The SMILES string of the molecule is CCOC(=O)c1ccc(N2C(=O)C(O)=C(C(=O)c3cc4cccc(OC)c4o3)C2c2ccc(O)cc2)cc1. The van der Waals surface area contributed by atoms with Crippen molar-refractivity contribution in [3.8, 4) is 11.5 Å². The Hall–Kier alpha value is -5.05. The van der Waals surface area contributed by atoms with Gasteiger partial charge in [0.25, 0.3) is 5.91 Å². The third-order valence-electron chi connectivity index (χ3n) is 6.27. The third kappa shape index (κ3) is 4.13. The van der Waals surface area contributed by atoms with Crippen LogP contribution in [0.15, 0.2) is 88.5 Å². The predicted octanol–water partition coefficient (Wildman–Crippen LogP) is 5.11. The predicted molar refractivity (Wildman–Crippen MR) is 137 cm³/mol. The molecule has 0 bridgehead atoms. The van der Waals surface area contributed by atoms with Crippen LogP contribution >= 0.6 is 0 Å². The number of ether oxygens (including phenoxy) is 2. The number of benzene rings is 3. The summed E-state index contributed by atoms with van der Waals surface area (Å²) in [6, 6.07) is 17.7. The van der Waals surface area contributed by atoms with Crippen LogP contribution in [0.25, 0.3) is 11.0 Å². The monoisotopic (exact) mass is 513 g/mol. The lowest BCUT2D eigenvalue weighted by Gasteiger charge is -2.27. The molecule has 2 N–H and O–H groups in total. The van der Waals surface area contributed by atoms with Crippen LogP contribution in [0.1, 0.15) is 39.4 Å². The van der Waals surface area contributed by atoms with E-state index in [0.717, 1.165) is 0 Å². The third-order valence-corrected chi connectivity index (χ3v) is 6.27. The van der Waals surface area contributed by atoms with E-state index in [1.54, 1.807) is 37.3 Å². The van der Waals surface area contributed by atoms with Gasteiger partial charge in [0, 0.05) is 11.1 Å². The largest absolute Gasteiger partial charge is 0.508 e. The molecule has 4 aromatic rings. The van der Waals surface area contributed by atoms with E-state index in [1.165, 1.54) is 54.5 Å². The minimum Gasteiger partial charge on any atom is -0.508 e. The lowest BCUT2D eigenvalue weighted by molar-refractivity contribution is -0.117. The maximum absolute atomic E-state index is 13.8. The molecule has 1 aliphatic rings. The summed E-state index contributed by atoms with van der Waals surface area (Å²) in [4.78, 5) is 40.5. The Balaban J connectivity index is 1.60. The van der Waals surface area contributed by atoms with Crippen LogP contribution in [-0.4, -0.2) is 41.6 Å². The number of phenols is 1. The van der Waals surface area contributed by atoms with Crippen molar-refractivity contribution >= 4 is 34.3 Å². The van der Waals surface area contributed by atoms with Gasteiger partial charge in [0.15, 0.2) is 22.9 Å². The smallest absolute Gasteiger partial charge is 0.338 e. The Morgan fingerprint density at radius 1 is 1.00 bits per heavy atom. The highest BCUT2D eigenvalue weighted by molar-refractivity contribution is 6.20. The Bertz CT molecular complexity index is 1580. The molecule has 1 unspecified atom stereocenters. The van der Waals surface area contributed by atoms with E-state index >= 15 is 0 Å². The van der Waals surface area contributed by atoms with Gasteiger partial charge >= 0.3 is 5.97 Å². The van der Waals surface area contributed by atoms with E-state index in [-0.39, 0.29) is 29.3 Å². The molecule has 0 radical (unpaired) electrons. The normalized spacial score (nSPS) is 15.3. The molecule has 0 fully saturated rings. The van der Waals surface area contributed by atoms with E-state index in [2.05, 4.69) is 0 Å². The number of aromatic hydroxyl groups is 1. The second kappa shape index (κ2) is 9.78. The first-order valence-corrected chi connectivity index (χ1v) is 11.8. The fourth-order valence-electron chi connectivity index (χ4n) is 4.49. The Morgan fingerprint density at radius 2 is 1.71 bits per heavy atom. The van der Waals surface area contributed by atoms with Crippen LogP contribution in [0.3, 0.4) is 0 Å². The first-order valence-electron chi connectivity index (χ1n) is 11.8. The number of ketones is 1. The second-order valence-corrected chi connectivity index (χ2v) is 8.52. The number of furan rings is 1. The van der Waals surface area contributed by atoms with Crippen molar-refractivity contribution in [1.82, 2.24) is 0 Å². The van der Waals surface area contributed by atoms with Crippen molar-refractivity contribution in [3.63, 3.8) is 0 Å². The molecule has 1 aliphatic heterocycles. The number of carbonyl (C=O) groups excluding carboxylic acids is 3. The molecule has 3 aromatic carbocycles. The van der Waals surface area contributed by atoms with Gasteiger partial charge in [0.1, 0.15) is 5.75 Å². The minimum atomic E-state index is -1.04. The van der Waals surface area contributed by atoms with E-state index in [0.29, 0.717) is 28.0 Å². The number of rotatable bonds is 7.